The molecule has 96 valence electrons. The van der Waals surface area contributed by atoms with Gasteiger partial charge >= 0.3 is 5.69 Å². The fourth-order valence-electron chi connectivity index (χ4n) is 0.839. The molecule has 1 rings (SSSR count). The van der Waals surface area contributed by atoms with Crippen LogP contribution in [0.15, 0.2) is 28.1 Å². The van der Waals surface area contributed by atoms with Crippen LogP contribution >= 0.6 is 12.2 Å². The Kier molecular flexibility index (Phi) is 4.21. The van der Waals surface area contributed by atoms with Gasteiger partial charge in [0.05, 0.1) is 11.7 Å². The molecule has 0 fully saturated rings. The number of hydrogen-bond donors (Lipinski definition) is 5. The number of aromatic nitrogens is 2. The number of hydrazine groups is 1. The van der Waals surface area contributed by atoms with Gasteiger partial charge < -0.3 is 20.2 Å². The summed E-state index contributed by atoms with van der Waals surface area (Å²) in [6.07, 6.45) is 1.11. The standard InChI is InChI=1S/C8H9N5O4S/c1-3(6(15)16)12-13-8(18)10-4-2-9-7(17)11-5(4)14/h2,12H,1H2,(H,15,16)(H2,10,13,18)(H2,9,11,14,17)/p-1. The summed E-state index contributed by atoms with van der Waals surface area (Å²) in [5.41, 5.74) is 2.60. The SMILES string of the molecule is C=C(NNC(=S)Nc1c[nH]c(=O)[nH]c1=O)C(=O)[O-]. The highest BCUT2D eigenvalue weighted by molar-refractivity contribution is 7.80. The minimum absolute atomic E-state index is 0.0204. The Balaban J connectivity index is 2.60. The molecule has 1 aromatic heterocycles. The van der Waals surface area contributed by atoms with Crippen molar-refractivity contribution in [2.75, 3.05) is 5.32 Å². The summed E-state index contributed by atoms with van der Waals surface area (Å²) >= 11 is 4.75. The second-order valence-electron chi connectivity index (χ2n) is 2.96. The van der Waals surface area contributed by atoms with E-state index in [1.54, 1.807) is 0 Å². The number of anilines is 1. The third kappa shape index (κ3) is 3.75. The van der Waals surface area contributed by atoms with Crippen LogP contribution in [0.1, 0.15) is 0 Å². The maximum absolute atomic E-state index is 11.3. The van der Waals surface area contributed by atoms with Crippen LogP contribution in [0.3, 0.4) is 0 Å². The Bertz CT molecular complexity index is 604. The zero-order valence-corrected chi connectivity index (χ0v) is 9.64. The zero-order valence-electron chi connectivity index (χ0n) is 8.83. The Hall–Kier alpha value is -2.62. The number of rotatable bonds is 4. The van der Waals surface area contributed by atoms with Crippen LogP contribution in [0.25, 0.3) is 0 Å². The van der Waals surface area contributed by atoms with Crippen molar-refractivity contribution in [1.29, 1.82) is 0 Å². The highest BCUT2D eigenvalue weighted by Gasteiger charge is 2.02. The molecule has 0 radical (unpaired) electrons. The van der Waals surface area contributed by atoms with Crippen molar-refractivity contribution < 1.29 is 9.90 Å². The van der Waals surface area contributed by atoms with Crippen molar-refractivity contribution in [1.82, 2.24) is 20.8 Å². The molecule has 0 aromatic carbocycles. The monoisotopic (exact) mass is 270 g/mol. The molecule has 0 aliphatic heterocycles. The van der Waals surface area contributed by atoms with Crippen molar-refractivity contribution in [3.63, 3.8) is 0 Å². The smallest absolute Gasteiger partial charge is 0.325 e. The van der Waals surface area contributed by atoms with Gasteiger partial charge in [0.2, 0.25) is 0 Å². The summed E-state index contributed by atoms with van der Waals surface area (Å²) in [5.74, 6) is -1.51. The molecule has 0 spiro atoms. The zero-order chi connectivity index (χ0) is 13.7. The fraction of sp³-hybridized carbons (Fsp3) is 0. The summed E-state index contributed by atoms with van der Waals surface area (Å²) in [6, 6.07) is 0. The van der Waals surface area contributed by atoms with E-state index in [2.05, 4.69) is 27.7 Å². The molecule has 9 nitrogen and oxygen atoms in total. The van der Waals surface area contributed by atoms with Gasteiger partial charge in [-0.25, -0.2) is 4.79 Å². The fourth-order valence-corrected chi connectivity index (χ4v) is 1.00. The van der Waals surface area contributed by atoms with Crippen molar-refractivity contribution in [3.8, 4) is 0 Å². The van der Waals surface area contributed by atoms with E-state index >= 15 is 0 Å². The van der Waals surface area contributed by atoms with Gasteiger partial charge in [0, 0.05) is 6.20 Å². The van der Waals surface area contributed by atoms with Crippen molar-refractivity contribution in [3.05, 3.63) is 39.3 Å². The van der Waals surface area contributed by atoms with Crippen molar-refractivity contribution in [2.45, 2.75) is 0 Å². The topological polar surface area (TPSA) is 142 Å². The third-order valence-electron chi connectivity index (χ3n) is 1.64. The van der Waals surface area contributed by atoms with Gasteiger partial charge in [0.15, 0.2) is 5.11 Å². The predicted molar refractivity (Wildman–Crippen MR) is 64.3 cm³/mol. The molecule has 0 atom stereocenters. The van der Waals surface area contributed by atoms with Crippen LogP contribution in [0.4, 0.5) is 5.69 Å². The van der Waals surface area contributed by atoms with Crippen molar-refractivity contribution >= 4 is 29.0 Å². The number of carboxylic acid groups (broad SMARTS) is 1. The molecular formula is C8H8N5O4S-. The van der Waals surface area contributed by atoms with Crippen LogP contribution in [-0.4, -0.2) is 21.0 Å². The van der Waals surface area contributed by atoms with Crippen LogP contribution in [-0.2, 0) is 4.79 Å². The summed E-state index contributed by atoms with van der Waals surface area (Å²) in [6.45, 7) is 3.12. The maximum Gasteiger partial charge on any atom is 0.325 e. The molecule has 0 amide bonds. The minimum Gasteiger partial charge on any atom is -0.543 e. The molecule has 1 heterocycles. The second-order valence-corrected chi connectivity index (χ2v) is 3.36. The lowest BCUT2D eigenvalue weighted by Crippen LogP contribution is -2.44. The first-order valence-electron chi connectivity index (χ1n) is 4.45. The Morgan fingerprint density at radius 1 is 1.39 bits per heavy atom. The molecule has 0 aliphatic rings. The number of aliphatic carboxylic acids is 1. The van der Waals surface area contributed by atoms with E-state index in [4.69, 9.17) is 12.2 Å². The number of carboxylic acids is 1. The Morgan fingerprint density at radius 2 is 2.06 bits per heavy atom. The number of H-pyrrole nitrogens is 2. The number of thiocarbonyl (C=S) groups is 1. The summed E-state index contributed by atoms with van der Waals surface area (Å²) in [7, 11) is 0. The highest BCUT2D eigenvalue weighted by Crippen LogP contribution is 1.91. The van der Waals surface area contributed by atoms with E-state index in [0.29, 0.717) is 0 Å². The molecule has 10 heteroatoms. The van der Waals surface area contributed by atoms with Crippen LogP contribution in [0, 0.1) is 0 Å². The summed E-state index contributed by atoms with van der Waals surface area (Å²) < 4.78 is 0. The summed E-state index contributed by atoms with van der Waals surface area (Å²) in [5, 5.41) is 12.6. The van der Waals surface area contributed by atoms with Crippen LogP contribution < -0.4 is 32.5 Å². The molecule has 0 aliphatic carbocycles. The number of nitrogens with one attached hydrogen (secondary N) is 5. The third-order valence-corrected chi connectivity index (χ3v) is 1.84. The van der Waals surface area contributed by atoms with Gasteiger partial charge in [-0.15, -0.1) is 0 Å². The first kappa shape index (κ1) is 13.4. The van der Waals surface area contributed by atoms with Gasteiger partial charge in [-0.05, 0) is 12.2 Å². The maximum atomic E-state index is 11.3. The van der Waals surface area contributed by atoms with E-state index in [-0.39, 0.29) is 10.8 Å². The molecule has 0 saturated heterocycles. The van der Waals surface area contributed by atoms with E-state index in [0.717, 1.165) is 6.20 Å². The molecule has 5 N–H and O–H groups in total. The summed E-state index contributed by atoms with van der Waals surface area (Å²) in [4.78, 5) is 36.5. The Morgan fingerprint density at radius 3 is 2.61 bits per heavy atom. The van der Waals surface area contributed by atoms with Crippen LogP contribution in [0.5, 0.6) is 0 Å². The largest absolute Gasteiger partial charge is 0.543 e. The molecule has 0 bridgehead atoms. The lowest BCUT2D eigenvalue weighted by molar-refractivity contribution is -0.299. The quantitative estimate of drug-likeness (QED) is 0.223. The van der Waals surface area contributed by atoms with Gasteiger partial charge in [-0.3, -0.25) is 20.6 Å². The molecule has 0 saturated carbocycles. The highest BCUT2D eigenvalue weighted by atomic mass is 32.1. The van der Waals surface area contributed by atoms with E-state index in [1.807, 2.05) is 4.98 Å². The number of hydrogen-bond acceptors (Lipinski definition) is 6. The van der Waals surface area contributed by atoms with Crippen LogP contribution in [0.2, 0.25) is 0 Å². The average molecular weight is 270 g/mol. The average Bonchev–Trinajstić information content (AvgIpc) is 2.29. The number of carbonyl (C=O) groups is 1. The number of aromatic amines is 2. The van der Waals surface area contributed by atoms with Gasteiger partial charge in [0.1, 0.15) is 5.69 Å². The minimum atomic E-state index is -1.51. The molecular weight excluding hydrogens is 262 g/mol. The van der Waals surface area contributed by atoms with Gasteiger partial charge in [-0.2, -0.15) is 0 Å². The molecule has 1 aromatic rings. The predicted octanol–water partition coefficient (Wildman–Crippen LogP) is -2.88. The molecule has 0 unspecified atom stereocenters. The molecule has 18 heavy (non-hydrogen) atoms. The second kappa shape index (κ2) is 5.63. The van der Waals surface area contributed by atoms with E-state index in [9.17, 15) is 19.5 Å². The van der Waals surface area contributed by atoms with E-state index < -0.39 is 22.9 Å². The lowest BCUT2D eigenvalue weighted by Gasteiger charge is -2.13. The first-order valence-corrected chi connectivity index (χ1v) is 4.86. The van der Waals surface area contributed by atoms with Gasteiger partial charge in [-0.1, -0.05) is 6.58 Å². The van der Waals surface area contributed by atoms with E-state index in [1.165, 1.54) is 0 Å². The number of carbonyl (C=O) groups excluding carboxylic acids is 1. The first-order chi connectivity index (χ1) is 8.40. The Labute approximate surface area is 105 Å². The lowest BCUT2D eigenvalue weighted by atomic mass is 10.5. The normalized spacial score (nSPS) is 9.33. The van der Waals surface area contributed by atoms with Crippen molar-refractivity contribution in [2.24, 2.45) is 0 Å². The van der Waals surface area contributed by atoms with Gasteiger partial charge in [0.25, 0.3) is 5.56 Å².